The van der Waals surface area contributed by atoms with Crippen LogP contribution in [-0.4, -0.2) is 46.8 Å². The molecule has 0 spiro atoms. The number of carbonyl (C=O) groups is 1. The van der Waals surface area contributed by atoms with Crippen molar-refractivity contribution in [2.75, 3.05) is 19.7 Å². The van der Waals surface area contributed by atoms with Crippen LogP contribution >= 0.6 is 0 Å². The highest BCUT2D eigenvalue weighted by molar-refractivity contribution is 5.69. The van der Waals surface area contributed by atoms with Crippen molar-refractivity contribution in [2.45, 2.75) is 38.6 Å². The molecule has 0 amide bonds. The lowest BCUT2D eigenvalue weighted by atomic mass is 10.1. The fourth-order valence-electron chi connectivity index (χ4n) is 2.25. The van der Waals surface area contributed by atoms with E-state index in [-0.39, 0.29) is 12.5 Å². The van der Waals surface area contributed by atoms with Crippen molar-refractivity contribution >= 4 is 5.97 Å². The number of hydrogen-bond donors (Lipinski definition) is 2. The summed E-state index contributed by atoms with van der Waals surface area (Å²) in [6.07, 6.45) is 4.75. The van der Waals surface area contributed by atoms with Gasteiger partial charge in [-0.1, -0.05) is 19.8 Å². The number of carboxylic acids is 1. The third-order valence-electron chi connectivity index (χ3n) is 3.16. The average molecular weight is 215 g/mol. The van der Waals surface area contributed by atoms with Crippen LogP contribution in [0, 0.1) is 5.92 Å². The first-order chi connectivity index (χ1) is 7.15. The zero-order valence-electron chi connectivity index (χ0n) is 9.35. The fourth-order valence-corrected chi connectivity index (χ4v) is 2.25. The molecule has 88 valence electrons. The third-order valence-corrected chi connectivity index (χ3v) is 3.16. The predicted molar refractivity (Wildman–Crippen MR) is 57.7 cm³/mol. The molecule has 0 saturated heterocycles. The number of hydrogen-bond acceptors (Lipinski definition) is 3. The summed E-state index contributed by atoms with van der Waals surface area (Å²) < 4.78 is 0. The van der Waals surface area contributed by atoms with Gasteiger partial charge in [-0.3, -0.25) is 9.69 Å². The van der Waals surface area contributed by atoms with Crippen LogP contribution in [0.1, 0.15) is 32.6 Å². The second-order valence-corrected chi connectivity index (χ2v) is 4.40. The Hall–Kier alpha value is -0.610. The number of aliphatic carboxylic acids is 1. The molecule has 0 heterocycles. The van der Waals surface area contributed by atoms with Crippen LogP contribution in [0.5, 0.6) is 0 Å². The van der Waals surface area contributed by atoms with Crippen LogP contribution < -0.4 is 0 Å². The minimum Gasteiger partial charge on any atom is -0.481 e. The third kappa shape index (κ3) is 3.80. The summed E-state index contributed by atoms with van der Waals surface area (Å²) in [4.78, 5) is 12.9. The van der Waals surface area contributed by atoms with Gasteiger partial charge in [0.05, 0.1) is 12.5 Å². The molecule has 1 fully saturated rings. The summed E-state index contributed by atoms with van der Waals surface area (Å²) in [5.74, 6) is -1.10. The second-order valence-electron chi connectivity index (χ2n) is 4.40. The first-order valence-corrected chi connectivity index (χ1v) is 5.73. The first kappa shape index (κ1) is 12.5. The summed E-state index contributed by atoms with van der Waals surface area (Å²) in [6.45, 7) is 2.99. The molecule has 0 radical (unpaired) electrons. The topological polar surface area (TPSA) is 60.8 Å². The van der Waals surface area contributed by atoms with E-state index < -0.39 is 5.97 Å². The Morgan fingerprint density at radius 3 is 2.53 bits per heavy atom. The van der Waals surface area contributed by atoms with E-state index in [0.29, 0.717) is 19.1 Å². The SMILES string of the molecule is CC(CN(CCO)C1CCCC1)C(=O)O. The van der Waals surface area contributed by atoms with E-state index in [2.05, 4.69) is 4.90 Å². The van der Waals surface area contributed by atoms with E-state index in [1.807, 2.05) is 0 Å². The highest BCUT2D eigenvalue weighted by atomic mass is 16.4. The first-order valence-electron chi connectivity index (χ1n) is 5.73. The normalized spacial score (nSPS) is 19.7. The smallest absolute Gasteiger partial charge is 0.307 e. The van der Waals surface area contributed by atoms with Crippen molar-refractivity contribution < 1.29 is 15.0 Å². The van der Waals surface area contributed by atoms with Crippen molar-refractivity contribution in [3.05, 3.63) is 0 Å². The van der Waals surface area contributed by atoms with Gasteiger partial charge in [0.25, 0.3) is 0 Å². The number of nitrogens with zero attached hydrogens (tertiary/aromatic N) is 1. The van der Waals surface area contributed by atoms with Gasteiger partial charge in [0, 0.05) is 19.1 Å². The van der Waals surface area contributed by atoms with Crippen LogP contribution in [0.25, 0.3) is 0 Å². The maximum atomic E-state index is 10.8. The molecule has 1 aliphatic rings. The molecule has 1 rings (SSSR count). The maximum absolute atomic E-state index is 10.8. The summed E-state index contributed by atoms with van der Waals surface area (Å²) in [6, 6.07) is 0.485. The van der Waals surface area contributed by atoms with Gasteiger partial charge in [-0.25, -0.2) is 0 Å². The molecule has 2 N–H and O–H groups in total. The molecule has 1 atom stereocenters. The molecule has 1 unspecified atom stereocenters. The lowest BCUT2D eigenvalue weighted by Crippen LogP contribution is -2.40. The number of carboxylic acid groups (broad SMARTS) is 1. The Kier molecular flexibility index (Phi) is 5.05. The van der Waals surface area contributed by atoms with E-state index >= 15 is 0 Å². The summed E-state index contributed by atoms with van der Waals surface area (Å²) in [5, 5.41) is 17.8. The van der Waals surface area contributed by atoms with E-state index in [1.165, 1.54) is 12.8 Å². The molecule has 15 heavy (non-hydrogen) atoms. The Morgan fingerprint density at radius 2 is 2.07 bits per heavy atom. The predicted octanol–water partition coefficient (Wildman–Crippen LogP) is 0.944. The number of aliphatic hydroxyl groups excluding tert-OH is 1. The minimum atomic E-state index is -0.754. The van der Waals surface area contributed by atoms with Crippen LogP contribution in [0.3, 0.4) is 0 Å². The molecule has 1 aliphatic carbocycles. The largest absolute Gasteiger partial charge is 0.481 e. The van der Waals surface area contributed by atoms with Crippen molar-refractivity contribution in [1.82, 2.24) is 4.90 Å². The van der Waals surface area contributed by atoms with Crippen LogP contribution in [0.2, 0.25) is 0 Å². The Bertz CT molecular complexity index is 202. The molecule has 4 nitrogen and oxygen atoms in total. The van der Waals surface area contributed by atoms with Gasteiger partial charge in [-0.15, -0.1) is 0 Å². The molecule has 0 aliphatic heterocycles. The fraction of sp³-hybridized carbons (Fsp3) is 0.909. The standard InChI is InChI=1S/C11H21NO3/c1-9(11(14)15)8-12(6-7-13)10-4-2-3-5-10/h9-10,13H,2-8H2,1H3,(H,14,15). The molecular weight excluding hydrogens is 194 g/mol. The molecule has 0 bridgehead atoms. The summed E-state index contributed by atoms with van der Waals surface area (Å²) in [5.41, 5.74) is 0. The van der Waals surface area contributed by atoms with E-state index in [4.69, 9.17) is 10.2 Å². The van der Waals surface area contributed by atoms with Gasteiger partial charge in [-0.2, -0.15) is 0 Å². The van der Waals surface area contributed by atoms with Crippen molar-refractivity contribution in [1.29, 1.82) is 0 Å². The van der Waals surface area contributed by atoms with E-state index in [9.17, 15) is 4.79 Å². The zero-order chi connectivity index (χ0) is 11.3. The van der Waals surface area contributed by atoms with Gasteiger partial charge >= 0.3 is 5.97 Å². The highest BCUT2D eigenvalue weighted by Crippen LogP contribution is 2.23. The second kappa shape index (κ2) is 6.08. The average Bonchev–Trinajstić information content (AvgIpc) is 2.69. The van der Waals surface area contributed by atoms with Gasteiger partial charge in [-0.05, 0) is 12.8 Å². The molecule has 0 aromatic heterocycles. The Morgan fingerprint density at radius 1 is 1.47 bits per heavy atom. The molecular formula is C11H21NO3. The molecule has 0 aromatic carbocycles. The van der Waals surface area contributed by atoms with Crippen LogP contribution in [0.15, 0.2) is 0 Å². The highest BCUT2D eigenvalue weighted by Gasteiger charge is 2.25. The van der Waals surface area contributed by atoms with Crippen LogP contribution in [-0.2, 0) is 4.79 Å². The Balaban J connectivity index is 2.45. The minimum absolute atomic E-state index is 0.114. The Labute approximate surface area is 90.9 Å². The molecule has 1 saturated carbocycles. The van der Waals surface area contributed by atoms with Crippen molar-refractivity contribution in [2.24, 2.45) is 5.92 Å². The summed E-state index contributed by atoms with van der Waals surface area (Å²) in [7, 11) is 0. The lowest BCUT2D eigenvalue weighted by Gasteiger charge is -2.29. The molecule has 0 aromatic rings. The van der Waals surface area contributed by atoms with E-state index in [1.54, 1.807) is 6.92 Å². The lowest BCUT2D eigenvalue weighted by molar-refractivity contribution is -0.142. The number of aliphatic hydroxyl groups is 1. The van der Waals surface area contributed by atoms with E-state index in [0.717, 1.165) is 12.8 Å². The number of rotatable bonds is 6. The van der Waals surface area contributed by atoms with Gasteiger partial charge in [0.15, 0.2) is 0 Å². The van der Waals surface area contributed by atoms with Crippen molar-refractivity contribution in [3.63, 3.8) is 0 Å². The quantitative estimate of drug-likeness (QED) is 0.692. The summed E-state index contributed by atoms with van der Waals surface area (Å²) >= 11 is 0. The maximum Gasteiger partial charge on any atom is 0.307 e. The van der Waals surface area contributed by atoms with Gasteiger partial charge < -0.3 is 10.2 Å². The van der Waals surface area contributed by atoms with Gasteiger partial charge in [0.2, 0.25) is 0 Å². The zero-order valence-corrected chi connectivity index (χ0v) is 9.35. The van der Waals surface area contributed by atoms with Gasteiger partial charge in [0.1, 0.15) is 0 Å². The van der Waals surface area contributed by atoms with Crippen LogP contribution in [0.4, 0.5) is 0 Å². The van der Waals surface area contributed by atoms with Crippen molar-refractivity contribution in [3.8, 4) is 0 Å². The monoisotopic (exact) mass is 215 g/mol. The molecule has 4 heteroatoms.